The van der Waals surface area contributed by atoms with Crippen LogP contribution in [0.25, 0.3) is 0 Å². The van der Waals surface area contributed by atoms with Crippen LogP contribution in [0.4, 0.5) is 0 Å². The van der Waals surface area contributed by atoms with Crippen molar-refractivity contribution in [3.63, 3.8) is 0 Å². The van der Waals surface area contributed by atoms with E-state index in [1.165, 1.54) is 25.7 Å². The van der Waals surface area contributed by atoms with E-state index in [0.717, 1.165) is 24.2 Å². The van der Waals surface area contributed by atoms with Crippen molar-refractivity contribution in [2.45, 2.75) is 32.1 Å². The molecule has 3 saturated carbocycles. The molecule has 3 bridgehead atoms. The van der Waals surface area contributed by atoms with Crippen LogP contribution in [0.1, 0.15) is 32.1 Å². The van der Waals surface area contributed by atoms with Gasteiger partial charge in [0.05, 0.1) is 0 Å². The molecule has 0 saturated heterocycles. The van der Waals surface area contributed by atoms with Gasteiger partial charge in [0.25, 0.3) is 0 Å². The summed E-state index contributed by atoms with van der Waals surface area (Å²) in [6.07, 6.45) is 6.32. The minimum absolute atomic E-state index is 0.513. The van der Waals surface area contributed by atoms with Crippen molar-refractivity contribution in [1.82, 2.24) is 0 Å². The molecule has 0 aromatic rings. The van der Waals surface area contributed by atoms with Crippen molar-refractivity contribution in [2.75, 3.05) is 0 Å². The van der Waals surface area contributed by atoms with Gasteiger partial charge in [-0.05, 0) is 43.4 Å². The molecule has 0 aliphatic heterocycles. The van der Waals surface area contributed by atoms with Crippen molar-refractivity contribution < 1.29 is 4.79 Å². The quantitative estimate of drug-likeness (QED) is 0.516. The van der Waals surface area contributed by atoms with Crippen LogP contribution in [-0.2, 0) is 4.79 Å². The number of rotatable bonds is 0. The first kappa shape index (κ1) is 6.22. The summed E-state index contributed by atoms with van der Waals surface area (Å²) < 4.78 is 0. The summed E-state index contributed by atoms with van der Waals surface area (Å²) in [6, 6.07) is 0. The summed E-state index contributed by atoms with van der Waals surface area (Å²) in [7, 11) is 0. The maximum absolute atomic E-state index is 11.5. The highest BCUT2D eigenvalue weighted by Gasteiger charge is 2.48. The minimum Gasteiger partial charge on any atom is -0.299 e. The predicted octanol–water partition coefficient (Wildman–Crippen LogP) is 2.01. The van der Waals surface area contributed by atoms with Crippen molar-refractivity contribution in [3.8, 4) is 0 Å². The Morgan fingerprint density at radius 2 is 1.82 bits per heavy atom. The average Bonchev–Trinajstić information content (AvgIpc) is 2.19. The number of hydrogen-bond acceptors (Lipinski definition) is 1. The molecule has 0 N–H and O–H groups in total. The van der Waals surface area contributed by atoms with Gasteiger partial charge in [0, 0.05) is 12.3 Å². The highest BCUT2D eigenvalue weighted by atomic mass is 16.1. The number of fused-ring (bicyclic) bond motifs is 2. The molecule has 60 valence electrons. The third-order valence-electron chi connectivity index (χ3n) is 4.00. The Balaban J connectivity index is 2.00. The molecule has 3 aliphatic carbocycles. The Bertz CT molecular complexity index is 207. The van der Waals surface area contributed by atoms with Crippen LogP contribution in [0.2, 0.25) is 0 Å². The van der Waals surface area contributed by atoms with Crippen LogP contribution in [-0.4, -0.2) is 5.78 Å². The fourth-order valence-corrected chi connectivity index (χ4v) is 3.69. The van der Waals surface area contributed by atoms with Gasteiger partial charge >= 0.3 is 0 Å². The van der Waals surface area contributed by atoms with E-state index in [1.54, 1.807) is 0 Å². The second kappa shape index (κ2) is 1.88. The van der Waals surface area contributed by atoms with Gasteiger partial charge in [-0.1, -0.05) is 0 Å². The number of carbonyl (C=O) groups excluding carboxylic acids is 1. The first-order valence-corrected chi connectivity index (χ1v) is 4.85. The SMILES string of the molecule is O=C1C[C@@H]2C[C@@H]3CC1[C@H](C2)C3. The molecule has 3 rings (SSSR count). The zero-order chi connectivity index (χ0) is 7.42. The van der Waals surface area contributed by atoms with E-state index >= 15 is 0 Å². The normalized spacial score (nSPS) is 53.6. The third kappa shape index (κ3) is 0.743. The third-order valence-corrected chi connectivity index (χ3v) is 4.00. The first-order chi connectivity index (χ1) is 5.33. The Morgan fingerprint density at radius 3 is 2.73 bits per heavy atom. The molecule has 0 aromatic heterocycles. The Labute approximate surface area is 67.2 Å². The second-order valence-corrected chi connectivity index (χ2v) is 4.71. The van der Waals surface area contributed by atoms with Gasteiger partial charge < -0.3 is 0 Å². The van der Waals surface area contributed by atoms with Gasteiger partial charge in [0.2, 0.25) is 0 Å². The monoisotopic (exact) mass is 150 g/mol. The zero-order valence-corrected chi connectivity index (χ0v) is 6.75. The van der Waals surface area contributed by atoms with Crippen molar-refractivity contribution in [1.29, 1.82) is 0 Å². The lowest BCUT2D eigenvalue weighted by Crippen LogP contribution is -2.30. The van der Waals surface area contributed by atoms with Crippen LogP contribution in [0.5, 0.6) is 0 Å². The molecule has 11 heavy (non-hydrogen) atoms. The molecule has 3 aliphatic rings. The fourth-order valence-electron chi connectivity index (χ4n) is 3.69. The van der Waals surface area contributed by atoms with E-state index in [9.17, 15) is 4.79 Å². The molecule has 1 nitrogen and oxygen atoms in total. The van der Waals surface area contributed by atoms with Crippen LogP contribution in [0.3, 0.4) is 0 Å². The van der Waals surface area contributed by atoms with E-state index in [-0.39, 0.29) is 0 Å². The molecular weight excluding hydrogens is 136 g/mol. The Kier molecular flexibility index (Phi) is 1.06. The fraction of sp³-hybridized carbons (Fsp3) is 0.900. The van der Waals surface area contributed by atoms with E-state index in [0.29, 0.717) is 11.7 Å². The molecular formula is C10H14O. The van der Waals surface area contributed by atoms with Gasteiger partial charge in [-0.2, -0.15) is 0 Å². The van der Waals surface area contributed by atoms with Crippen LogP contribution in [0.15, 0.2) is 0 Å². The highest BCUT2D eigenvalue weighted by Crippen LogP contribution is 2.53. The lowest BCUT2D eigenvalue weighted by atomic mass is 9.72. The van der Waals surface area contributed by atoms with E-state index in [1.807, 2.05) is 0 Å². The number of ketones is 1. The lowest BCUT2D eigenvalue weighted by Gasteiger charge is -2.32. The molecule has 0 radical (unpaired) electrons. The summed E-state index contributed by atoms with van der Waals surface area (Å²) >= 11 is 0. The summed E-state index contributed by atoms with van der Waals surface area (Å²) in [5, 5.41) is 0. The maximum Gasteiger partial charge on any atom is 0.136 e. The smallest absolute Gasteiger partial charge is 0.136 e. The van der Waals surface area contributed by atoms with E-state index in [4.69, 9.17) is 0 Å². The van der Waals surface area contributed by atoms with Gasteiger partial charge in [0.1, 0.15) is 5.78 Å². The van der Waals surface area contributed by atoms with Crippen LogP contribution < -0.4 is 0 Å². The van der Waals surface area contributed by atoms with Crippen molar-refractivity contribution in [3.05, 3.63) is 0 Å². The number of carbonyl (C=O) groups is 1. The van der Waals surface area contributed by atoms with Gasteiger partial charge in [-0.15, -0.1) is 0 Å². The Hall–Kier alpha value is -0.330. The van der Waals surface area contributed by atoms with Crippen molar-refractivity contribution >= 4 is 5.78 Å². The average molecular weight is 150 g/mol. The summed E-state index contributed by atoms with van der Waals surface area (Å²) in [5.41, 5.74) is 0. The summed E-state index contributed by atoms with van der Waals surface area (Å²) in [4.78, 5) is 11.5. The van der Waals surface area contributed by atoms with E-state index < -0.39 is 0 Å². The second-order valence-electron chi connectivity index (χ2n) is 4.71. The minimum atomic E-state index is 0.513. The number of hydrogen-bond donors (Lipinski definition) is 0. The topological polar surface area (TPSA) is 17.1 Å². The molecule has 1 unspecified atom stereocenters. The maximum atomic E-state index is 11.5. The largest absolute Gasteiger partial charge is 0.299 e. The van der Waals surface area contributed by atoms with Crippen LogP contribution >= 0.6 is 0 Å². The number of Topliss-reactive ketones (excluding diaryl/α,β-unsaturated/α-hetero) is 1. The molecule has 3 fully saturated rings. The predicted molar refractivity (Wildman–Crippen MR) is 42.1 cm³/mol. The Morgan fingerprint density at radius 1 is 1.00 bits per heavy atom. The highest BCUT2D eigenvalue weighted by molar-refractivity contribution is 5.83. The molecule has 0 aromatic carbocycles. The van der Waals surface area contributed by atoms with E-state index in [2.05, 4.69) is 0 Å². The molecule has 1 heteroatoms. The summed E-state index contributed by atoms with van der Waals surface area (Å²) in [5.74, 6) is 3.67. The molecule has 0 amide bonds. The molecule has 0 spiro atoms. The summed E-state index contributed by atoms with van der Waals surface area (Å²) in [6.45, 7) is 0. The van der Waals surface area contributed by atoms with Crippen molar-refractivity contribution in [2.24, 2.45) is 23.7 Å². The lowest BCUT2D eigenvalue weighted by molar-refractivity contribution is -0.127. The van der Waals surface area contributed by atoms with Gasteiger partial charge in [-0.3, -0.25) is 4.79 Å². The zero-order valence-electron chi connectivity index (χ0n) is 6.75. The molecule has 0 heterocycles. The van der Waals surface area contributed by atoms with Gasteiger partial charge in [-0.25, -0.2) is 0 Å². The standard InChI is InChI=1S/C10H14O/c11-10-5-7-1-6-2-8(3-7)9(10)4-6/h6-9H,1-5H2/t6-,7+,8-,9?/m0/s1. The van der Waals surface area contributed by atoms with Gasteiger partial charge in [0.15, 0.2) is 0 Å². The molecule has 4 atom stereocenters. The first-order valence-electron chi connectivity index (χ1n) is 4.85. The van der Waals surface area contributed by atoms with Crippen LogP contribution in [0, 0.1) is 23.7 Å².